The minimum Gasteiger partial charge on any atom is -0.299 e. The Morgan fingerprint density at radius 2 is 1.86 bits per heavy atom. The number of Topliss-reactive ketones (excluding diaryl/α,β-unsaturated/α-hetero) is 1. The van der Waals surface area contributed by atoms with E-state index >= 15 is 0 Å². The highest BCUT2D eigenvalue weighted by atomic mass is 16.1. The molecule has 22 heavy (non-hydrogen) atoms. The summed E-state index contributed by atoms with van der Waals surface area (Å²) in [5.41, 5.74) is 4.03. The quantitative estimate of drug-likeness (QED) is 0.542. The molecule has 0 aromatic rings. The second-order valence-electron chi connectivity index (χ2n) is 8.78. The van der Waals surface area contributed by atoms with Crippen molar-refractivity contribution in [2.45, 2.75) is 72.1 Å². The molecule has 3 saturated carbocycles. The Hall–Kier alpha value is -0.850. The van der Waals surface area contributed by atoms with E-state index in [1.54, 1.807) is 5.57 Å². The van der Waals surface area contributed by atoms with E-state index in [1.165, 1.54) is 37.7 Å². The molecule has 5 atom stereocenters. The maximum absolute atomic E-state index is 11.9. The van der Waals surface area contributed by atoms with E-state index in [2.05, 4.69) is 32.9 Å². The molecule has 0 bridgehead atoms. The third kappa shape index (κ3) is 1.80. The fourth-order valence-corrected chi connectivity index (χ4v) is 6.80. The largest absolute Gasteiger partial charge is 0.299 e. The first-order valence-corrected chi connectivity index (χ1v) is 9.36. The Kier molecular flexibility index (Phi) is 3.23. The molecule has 4 aliphatic rings. The van der Waals surface area contributed by atoms with E-state index in [1.807, 2.05) is 0 Å². The number of rotatable bonds is 0. The van der Waals surface area contributed by atoms with E-state index < -0.39 is 0 Å². The zero-order valence-electron chi connectivity index (χ0n) is 14.5. The standard InChI is InChI=1S/C21H30O/c1-4-14-6-8-18-17-7-5-15-13-16(22)9-11-21(15,3)19(17)10-12-20(14,18)2/h4-5,17-19H,6-13H2,1-3H3/t17-,18-,19-,20+,21-/m0/s1. The first kappa shape index (κ1) is 14.7. The van der Waals surface area contributed by atoms with Crippen molar-refractivity contribution in [2.75, 3.05) is 0 Å². The van der Waals surface area contributed by atoms with Gasteiger partial charge in [-0.3, -0.25) is 4.79 Å². The molecule has 0 aromatic carbocycles. The summed E-state index contributed by atoms with van der Waals surface area (Å²) >= 11 is 0. The first-order valence-electron chi connectivity index (χ1n) is 9.36. The van der Waals surface area contributed by atoms with Crippen LogP contribution >= 0.6 is 0 Å². The van der Waals surface area contributed by atoms with Gasteiger partial charge in [-0.1, -0.05) is 37.1 Å². The predicted molar refractivity (Wildman–Crippen MR) is 90.5 cm³/mol. The van der Waals surface area contributed by atoms with Crippen LogP contribution in [0.5, 0.6) is 0 Å². The van der Waals surface area contributed by atoms with Crippen LogP contribution in [0.2, 0.25) is 0 Å². The molecule has 4 rings (SSSR count). The van der Waals surface area contributed by atoms with Gasteiger partial charge in [-0.15, -0.1) is 0 Å². The lowest BCUT2D eigenvalue weighted by atomic mass is 9.48. The Labute approximate surface area is 135 Å². The molecule has 0 aromatic heterocycles. The monoisotopic (exact) mass is 298 g/mol. The number of hydrogen-bond acceptors (Lipinski definition) is 1. The summed E-state index contributed by atoms with van der Waals surface area (Å²) < 4.78 is 0. The van der Waals surface area contributed by atoms with Crippen molar-refractivity contribution >= 4 is 5.78 Å². The van der Waals surface area contributed by atoms with Crippen LogP contribution in [0.15, 0.2) is 23.3 Å². The molecule has 0 unspecified atom stereocenters. The van der Waals surface area contributed by atoms with Crippen molar-refractivity contribution < 1.29 is 4.79 Å². The fraction of sp³-hybridized carbons (Fsp3) is 0.762. The van der Waals surface area contributed by atoms with Crippen LogP contribution < -0.4 is 0 Å². The number of carbonyl (C=O) groups is 1. The van der Waals surface area contributed by atoms with Gasteiger partial charge >= 0.3 is 0 Å². The Bertz CT molecular complexity index is 568. The van der Waals surface area contributed by atoms with E-state index in [0.717, 1.165) is 37.0 Å². The summed E-state index contributed by atoms with van der Waals surface area (Å²) in [6, 6.07) is 0. The molecular formula is C21H30O. The number of hydrogen-bond donors (Lipinski definition) is 0. The molecule has 0 N–H and O–H groups in total. The van der Waals surface area contributed by atoms with Crippen molar-refractivity contribution in [3.63, 3.8) is 0 Å². The second kappa shape index (κ2) is 4.82. The van der Waals surface area contributed by atoms with Crippen molar-refractivity contribution in [2.24, 2.45) is 28.6 Å². The van der Waals surface area contributed by atoms with E-state index in [-0.39, 0.29) is 0 Å². The maximum Gasteiger partial charge on any atom is 0.136 e. The molecule has 0 spiro atoms. The van der Waals surface area contributed by atoms with Crippen LogP contribution in [0.25, 0.3) is 0 Å². The van der Waals surface area contributed by atoms with Gasteiger partial charge in [-0.05, 0) is 74.0 Å². The average molecular weight is 298 g/mol. The second-order valence-corrected chi connectivity index (χ2v) is 8.78. The highest BCUT2D eigenvalue weighted by Gasteiger charge is 2.56. The summed E-state index contributed by atoms with van der Waals surface area (Å²) in [5.74, 6) is 3.04. The summed E-state index contributed by atoms with van der Waals surface area (Å²) in [5, 5.41) is 0. The molecule has 0 amide bonds. The van der Waals surface area contributed by atoms with Crippen LogP contribution in [-0.4, -0.2) is 5.78 Å². The van der Waals surface area contributed by atoms with Crippen LogP contribution in [0.3, 0.4) is 0 Å². The molecule has 0 radical (unpaired) electrons. The molecule has 0 saturated heterocycles. The summed E-state index contributed by atoms with van der Waals surface area (Å²) in [6.07, 6.45) is 14.3. The van der Waals surface area contributed by atoms with E-state index in [0.29, 0.717) is 16.6 Å². The summed E-state index contributed by atoms with van der Waals surface area (Å²) in [4.78, 5) is 11.9. The van der Waals surface area contributed by atoms with E-state index in [4.69, 9.17) is 0 Å². The van der Waals surface area contributed by atoms with Gasteiger partial charge in [0, 0.05) is 12.8 Å². The Morgan fingerprint density at radius 1 is 1.09 bits per heavy atom. The van der Waals surface area contributed by atoms with Crippen molar-refractivity contribution in [1.29, 1.82) is 0 Å². The highest BCUT2D eigenvalue weighted by Crippen LogP contribution is 2.65. The van der Waals surface area contributed by atoms with Gasteiger partial charge < -0.3 is 0 Å². The third-order valence-electron chi connectivity index (χ3n) is 8.13. The minimum absolute atomic E-state index is 0.330. The van der Waals surface area contributed by atoms with Gasteiger partial charge in [-0.25, -0.2) is 0 Å². The van der Waals surface area contributed by atoms with Crippen molar-refractivity contribution in [3.8, 4) is 0 Å². The third-order valence-corrected chi connectivity index (χ3v) is 8.13. The van der Waals surface area contributed by atoms with Crippen LogP contribution in [0, 0.1) is 28.6 Å². The lowest BCUT2D eigenvalue weighted by molar-refractivity contribution is -0.122. The maximum atomic E-state index is 11.9. The molecule has 1 heteroatoms. The fourth-order valence-electron chi connectivity index (χ4n) is 6.80. The molecular weight excluding hydrogens is 268 g/mol. The molecule has 3 fully saturated rings. The molecule has 4 aliphatic carbocycles. The highest BCUT2D eigenvalue weighted by molar-refractivity contribution is 5.82. The number of allylic oxidation sites excluding steroid dienone is 4. The normalized spacial score (nSPS) is 49.4. The van der Waals surface area contributed by atoms with Crippen LogP contribution in [-0.2, 0) is 4.79 Å². The number of ketones is 1. The molecule has 1 nitrogen and oxygen atoms in total. The topological polar surface area (TPSA) is 17.1 Å². The summed E-state index contributed by atoms with van der Waals surface area (Å²) in [7, 11) is 0. The van der Waals surface area contributed by atoms with Gasteiger partial charge in [0.1, 0.15) is 5.78 Å². The van der Waals surface area contributed by atoms with Crippen LogP contribution in [0.4, 0.5) is 0 Å². The van der Waals surface area contributed by atoms with E-state index in [9.17, 15) is 4.79 Å². The van der Waals surface area contributed by atoms with Crippen molar-refractivity contribution in [1.82, 2.24) is 0 Å². The lowest BCUT2D eigenvalue weighted by Gasteiger charge is -2.56. The Morgan fingerprint density at radius 3 is 2.64 bits per heavy atom. The zero-order valence-corrected chi connectivity index (χ0v) is 14.5. The van der Waals surface area contributed by atoms with Crippen molar-refractivity contribution in [3.05, 3.63) is 23.3 Å². The molecule has 0 aliphatic heterocycles. The molecule has 0 heterocycles. The number of fused-ring (bicyclic) bond motifs is 5. The van der Waals surface area contributed by atoms with Gasteiger partial charge in [0.25, 0.3) is 0 Å². The minimum atomic E-state index is 0.330. The SMILES string of the molecule is CC=C1CC[C@H]2[C@@H]3CC=C4CC(=O)CC[C@]4(C)[C@H]3CC[C@]12C. The van der Waals surface area contributed by atoms with Gasteiger partial charge in [-0.2, -0.15) is 0 Å². The van der Waals surface area contributed by atoms with Gasteiger partial charge in [0.2, 0.25) is 0 Å². The Balaban J connectivity index is 1.70. The number of carbonyl (C=O) groups excluding carboxylic acids is 1. The molecule has 120 valence electrons. The predicted octanol–water partition coefficient (Wildman–Crippen LogP) is 5.46. The van der Waals surface area contributed by atoms with Gasteiger partial charge in [0.15, 0.2) is 0 Å². The smallest absolute Gasteiger partial charge is 0.136 e. The first-order chi connectivity index (χ1) is 10.5. The van der Waals surface area contributed by atoms with Gasteiger partial charge in [0.05, 0.1) is 0 Å². The zero-order chi connectivity index (χ0) is 15.5. The lowest BCUT2D eigenvalue weighted by Crippen LogP contribution is -2.49. The average Bonchev–Trinajstić information content (AvgIpc) is 2.84. The van der Waals surface area contributed by atoms with Crippen LogP contribution in [0.1, 0.15) is 72.1 Å². The summed E-state index contributed by atoms with van der Waals surface area (Å²) in [6.45, 7) is 7.26.